The van der Waals surface area contributed by atoms with Gasteiger partial charge in [0.15, 0.2) is 5.78 Å². The van der Waals surface area contributed by atoms with Crippen LogP contribution in [0.2, 0.25) is 0 Å². The van der Waals surface area contributed by atoms with Crippen molar-refractivity contribution in [2.45, 2.75) is 57.5 Å². The zero-order valence-electron chi connectivity index (χ0n) is 11.7. The molecule has 102 valence electrons. The average molecular weight is 257 g/mol. The Morgan fingerprint density at radius 3 is 2.84 bits per heavy atom. The smallest absolute Gasteiger partial charge is 0.179 e. The van der Waals surface area contributed by atoms with Crippen molar-refractivity contribution < 1.29 is 4.79 Å². The van der Waals surface area contributed by atoms with E-state index in [2.05, 4.69) is 5.32 Å². The maximum Gasteiger partial charge on any atom is 0.179 e. The van der Waals surface area contributed by atoms with Crippen molar-refractivity contribution in [1.29, 1.82) is 0 Å². The fourth-order valence-electron chi connectivity index (χ4n) is 3.70. The van der Waals surface area contributed by atoms with E-state index >= 15 is 0 Å². The Kier molecular flexibility index (Phi) is 3.69. The number of nitrogens with one attached hydrogen (secondary N) is 1. The second-order valence-electron chi connectivity index (χ2n) is 6.18. The summed E-state index contributed by atoms with van der Waals surface area (Å²) >= 11 is 0. The van der Waals surface area contributed by atoms with Crippen LogP contribution in [0.3, 0.4) is 0 Å². The summed E-state index contributed by atoms with van der Waals surface area (Å²) in [6, 6.07) is 8.61. The second kappa shape index (κ2) is 5.46. The average Bonchev–Trinajstić information content (AvgIpc) is 2.46. The first-order valence-corrected chi connectivity index (χ1v) is 7.61. The summed E-state index contributed by atoms with van der Waals surface area (Å²) in [4.78, 5) is 12.6. The summed E-state index contributed by atoms with van der Waals surface area (Å²) in [5.41, 5.74) is 2.03. The number of rotatable bonds is 2. The van der Waals surface area contributed by atoms with Gasteiger partial charge < -0.3 is 5.32 Å². The van der Waals surface area contributed by atoms with Gasteiger partial charge in [-0.2, -0.15) is 0 Å². The minimum atomic E-state index is 0.0427. The molecule has 1 heterocycles. The molecule has 1 saturated heterocycles. The van der Waals surface area contributed by atoms with E-state index in [1.807, 2.05) is 31.2 Å². The number of carbonyl (C=O) groups is 1. The van der Waals surface area contributed by atoms with E-state index in [-0.39, 0.29) is 11.8 Å². The summed E-state index contributed by atoms with van der Waals surface area (Å²) in [6.07, 6.45) is 7.53. The molecule has 1 aromatic rings. The van der Waals surface area contributed by atoms with Crippen molar-refractivity contribution in [3.8, 4) is 0 Å². The first-order valence-electron chi connectivity index (χ1n) is 7.61. The van der Waals surface area contributed by atoms with Gasteiger partial charge >= 0.3 is 0 Å². The molecule has 0 spiro atoms. The molecular formula is C17H23NO. The monoisotopic (exact) mass is 257 g/mol. The van der Waals surface area contributed by atoms with Crippen LogP contribution in [-0.2, 0) is 0 Å². The molecule has 1 aromatic carbocycles. The quantitative estimate of drug-likeness (QED) is 0.822. The van der Waals surface area contributed by atoms with E-state index in [0.29, 0.717) is 6.04 Å². The molecule has 1 aliphatic carbocycles. The van der Waals surface area contributed by atoms with E-state index in [0.717, 1.165) is 23.5 Å². The first kappa shape index (κ1) is 12.9. The summed E-state index contributed by atoms with van der Waals surface area (Å²) in [6.45, 7) is 2.04. The van der Waals surface area contributed by atoms with Crippen molar-refractivity contribution in [3.63, 3.8) is 0 Å². The summed E-state index contributed by atoms with van der Waals surface area (Å²) in [5, 5.41) is 3.62. The molecule has 3 atom stereocenters. The van der Waals surface area contributed by atoms with Gasteiger partial charge in [-0.25, -0.2) is 0 Å². The van der Waals surface area contributed by atoms with Crippen molar-refractivity contribution in [1.82, 2.24) is 5.32 Å². The van der Waals surface area contributed by atoms with Crippen LogP contribution in [0.15, 0.2) is 24.3 Å². The minimum Gasteiger partial charge on any atom is -0.304 e. The van der Waals surface area contributed by atoms with Crippen LogP contribution in [0.5, 0.6) is 0 Å². The predicted octanol–water partition coefficient (Wildman–Crippen LogP) is 3.49. The molecule has 0 radical (unpaired) electrons. The molecule has 2 heteroatoms. The van der Waals surface area contributed by atoms with E-state index < -0.39 is 0 Å². The number of benzene rings is 1. The van der Waals surface area contributed by atoms with Crippen molar-refractivity contribution in [2.75, 3.05) is 0 Å². The Labute approximate surface area is 115 Å². The number of hydrogen-bond donors (Lipinski definition) is 1. The fourth-order valence-corrected chi connectivity index (χ4v) is 3.70. The Bertz CT molecular complexity index is 468. The Balaban J connectivity index is 1.71. The molecule has 0 bridgehead atoms. The van der Waals surface area contributed by atoms with Crippen LogP contribution in [0.1, 0.15) is 54.4 Å². The number of carbonyl (C=O) groups excluding carboxylic acids is 1. The first-order chi connectivity index (χ1) is 9.24. The molecule has 1 saturated carbocycles. The van der Waals surface area contributed by atoms with E-state index in [4.69, 9.17) is 0 Å². The molecule has 2 aliphatic rings. The van der Waals surface area contributed by atoms with Gasteiger partial charge in [0, 0.05) is 11.6 Å². The highest BCUT2D eigenvalue weighted by Gasteiger charge is 2.34. The SMILES string of the molecule is Cc1cccc(C(=O)C2CCC3CCCCC3N2)c1. The highest BCUT2D eigenvalue weighted by atomic mass is 16.1. The molecule has 0 aromatic heterocycles. The minimum absolute atomic E-state index is 0.0427. The van der Waals surface area contributed by atoms with Crippen LogP contribution in [0, 0.1) is 12.8 Å². The molecule has 19 heavy (non-hydrogen) atoms. The Morgan fingerprint density at radius 2 is 2.00 bits per heavy atom. The van der Waals surface area contributed by atoms with Crippen molar-refractivity contribution >= 4 is 5.78 Å². The number of hydrogen-bond acceptors (Lipinski definition) is 2. The second-order valence-corrected chi connectivity index (χ2v) is 6.18. The fraction of sp³-hybridized carbons (Fsp3) is 0.588. The van der Waals surface area contributed by atoms with Crippen LogP contribution in [-0.4, -0.2) is 17.9 Å². The largest absolute Gasteiger partial charge is 0.304 e. The van der Waals surface area contributed by atoms with Gasteiger partial charge in [-0.1, -0.05) is 36.6 Å². The summed E-state index contributed by atoms with van der Waals surface area (Å²) < 4.78 is 0. The van der Waals surface area contributed by atoms with Gasteiger partial charge in [0.1, 0.15) is 0 Å². The zero-order valence-corrected chi connectivity index (χ0v) is 11.7. The molecule has 0 amide bonds. The van der Waals surface area contributed by atoms with Gasteiger partial charge in [-0.3, -0.25) is 4.79 Å². The molecule has 2 fully saturated rings. The van der Waals surface area contributed by atoms with Crippen LogP contribution in [0.4, 0.5) is 0 Å². The van der Waals surface area contributed by atoms with Crippen molar-refractivity contribution in [2.24, 2.45) is 5.92 Å². The van der Waals surface area contributed by atoms with Gasteiger partial charge in [0.05, 0.1) is 6.04 Å². The third-order valence-electron chi connectivity index (χ3n) is 4.77. The van der Waals surface area contributed by atoms with Crippen molar-refractivity contribution in [3.05, 3.63) is 35.4 Å². The normalized spacial score (nSPS) is 30.7. The number of ketones is 1. The Hall–Kier alpha value is -1.15. The Morgan fingerprint density at radius 1 is 1.16 bits per heavy atom. The third kappa shape index (κ3) is 2.74. The molecular weight excluding hydrogens is 234 g/mol. The molecule has 1 N–H and O–H groups in total. The van der Waals surface area contributed by atoms with Gasteiger partial charge in [0.25, 0.3) is 0 Å². The van der Waals surface area contributed by atoms with E-state index in [9.17, 15) is 4.79 Å². The molecule has 3 unspecified atom stereocenters. The lowest BCUT2D eigenvalue weighted by molar-refractivity contribution is 0.0861. The van der Waals surface area contributed by atoms with Crippen LogP contribution < -0.4 is 5.32 Å². The molecule has 3 rings (SSSR count). The topological polar surface area (TPSA) is 29.1 Å². The lowest BCUT2D eigenvalue weighted by Gasteiger charge is -2.40. The lowest BCUT2D eigenvalue weighted by atomic mass is 9.77. The molecule has 2 nitrogen and oxygen atoms in total. The zero-order chi connectivity index (χ0) is 13.2. The van der Waals surface area contributed by atoms with Gasteiger partial charge in [-0.15, -0.1) is 0 Å². The van der Waals surface area contributed by atoms with Crippen LogP contribution in [0.25, 0.3) is 0 Å². The summed E-state index contributed by atoms with van der Waals surface area (Å²) in [7, 11) is 0. The maximum atomic E-state index is 12.6. The van der Waals surface area contributed by atoms with Gasteiger partial charge in [0.2, 0.25) is 0 Å². The number of Topliss-reactive ketones (excluding diaryl/α,β-unsaturated/α-hetero) is 1. The number of fused-ring (bicyclic) bond motifs is 1. The third-order valence-corrected chi connectivity index (χ3v) is 4.77. The number of piperidine rings is 1. The highest BCUT2D eigenvalue weighted by Crippen LogP contribution is 2.32. The van der Waals surface area contributed by atoms with Crippen LogP contribution >= 0.6 is 0 Å². The van der Waals surface area contributed by atoms with Gasteiger partial charge in [-0.05, 0) is 44.6 Å². The molecule has 1 aliphatic heterocycles. The van der Waals surface area contributed by atoms with E-state index in [1.54, 1.807) is 0 Å². The van der Waals surface area contributed by atoms with E-state index in [1.165, 1.54) is 32.1 Å². The highest BCUT2D eigenvalue weighted by molar-refractivity contribution is 6.00. The number of aryl methyl sites for hydroxylation is 1. The standard InChI is InChI=1S/C17H23NO/c1-12-5-4-7-14(11-12)17(19)16-10-9-13-6-2-3-8-15(13)18-16/h4-5,7,11,13,15-16,18H,2-3,6,8-10H2,1H3. The maximum absolute atomic E-state index is 12.6. The lowest BCUT2D eigenvalue weighted by Crippen LogP contribution is -2.52. The summed E-state index contributed by atoms with van der Waals surface area (Å²) in [5.74, 6) is 1.10. The predicted molar refractivity (Wildman–Crippen MR) is 77.4 cm³/mol.